The normalized spacial score (nSPS) is 18.4. The Hall–Kier alpha value is -3.94. The molecule has 8 nitrogen and oxygen atoms in total. The number of fused-ring (bicyclic) bond motifs is 1. The van der Waals surface area contributed by atoms with Crippen LogP contribution in [0.1, 0.15) is 43.7 Å². The number of aromatic amines is 1. The Kier molecular flexibility index (Phi) is 5.46. The minimum absolute atomic E-state index is 0.0168. The maximum absolute atomic E-state index is 13.8. The number of carbonyl (C=O) groups is 1. The van der Waals surface area contributed by atoms with E-state index in [4.69, 9.17) is 14.2 Å². The van der Waals surface area contributed by atoms with Crippen molar-refractivity contribution in [3.63, 3.8) is 0 Å². The third kappa shape index (κ3) is 3.60. The fourth-order valence-corrected chi connectivity index (χ4v) is 5.31. The zero-order valence-electron chi connectivity index (χ0n) is 20.5. The average Bonchev–Trinajstić information content (AvgIpc) is 3.17. The van der Waals surface area contributed by atoms with Crippen molar-refractivity contribution in [3.05, 3.63) is 75.2 Å². The van der Waals surface area contributed by atoms with Crippen molar-refractivity contribution in [2.75, 3.05) is 26.6 Å². The van der Waals surface area contributed by atoms with Crippen molar-refractivity contribution in [3.8, 4) is 22.9 Å². The molecular formula is C27H29N3O5. The maximum atomic E-state index is 13.8. The summed E-state index contributed by atoms with van der Waals surface area (Å²) >= 11 is 0. The van der Waals surface area contributed by atoms with Gasteiger partial charge in [-0.15, -0.1) is 0 Å². The predicted molar refractivity (Wildman–Crippen MR) is 133 cm³/mol. The largest absolute Gasteiger partial charge is 0.493 e. The summed E-state index contributed by atoms with van der Waals surface area (Å²) in [5, 5.41) is 6.62. The summed E-state index contributed by atoms with van der Waals surface area (Å²) < 4.78 is 18.4. The number of benzene rings is 2. The Morgan fingerprint density at radius 1 is 0.914 bits per heavy atom. The van der Waals surface area contributed by atoms with Gasteiger partial charge in [0, 0.05) is 23.3 Å². The summed E-state index contributed by atoms with van der Waals surface area (Å²) in [5.74, 6) is 1.31. The molecule has 1 aliphatic carbocycles. The fraction of sp³-hybridized carbons (Fsp3) is 0.333. The molecule has 2 N–H and O–H groups in total. The summed E-state index contributed by atoms with van der Waals surface area (Å²) in [6, 6.07) is 13.0. The highest BCUT2D eigenvalue weighted by atomic mass is 16.5. The van der Waals surface area contributed by atoms with Crippen molar-refractivity contribution in [1.29, 1.82) is 0 Å². The van der Waals surface area contributed by atoms with Crippen molar-refractivity contribution < 1.29 is 19.0 Å². The molecule has 8 heteroatoms. The third-order valence-electron chi connectivity index (χ3n) is 6.76. The Labute approximate surface area is 203 Å². The summed E-state index contributed by atoms with van der Waals surface area (Å²) in [6.07, 6.45) is 1.07. The molecule has 3 aromatic rings. The number of hydrogen-bond donors (Lipinski definition) is 2. The highest BCUT2D eigenvalue weighted by Gasteiger charge is 2.44. The van der Waals surface area contributed by atoms with Gasteiger partial charge in [-0.05, 0) is 30.0 Å². The number of rotatable bonds is 5. The van der Waals surface area contributed by atoms with E-state index in [0.717, 1.165) is 5.70 Å². The van der Waals surface area contributed by atoms with E-state index in [1.807, 2.05) is 36.4 Å². The number of para-hydroxylation sites is 1. The smallest absolute Gasteiger partial charge is 0.277 e. The lowest BCUT2D eigenvalue weighted by Gasteiger charge is -2.38. The van der Waals surface area contributed by atoms with Crippen molar-refractivity contribution >= 4 is 11.6 Å². The molecule has 2 aliphatic rings. The van der Waals surface area contributed by atoms with Crippen LogP contribution in [0.4, 0.5) is 5.82 Å². The van der Waals surface area contributed by atoms with E-state index in [1.54, 1.807) is 20.3 Å². The number of H-pyrrole nitrogens is 1. The van der Waals surface area contributed by atoms with Gasteiger partial charge in [-0.25, -0.2) is 4.68 Å². The minimum atomic E-state index is -0.631. The van der Waals surface area contributed by atoms with Crippen molar-refractivity contribution in [1.82, 2.24) is 9.78 Å². The zero-order chi connectivity index (χ0) is 24.9. The number of Topliss-reactive ketones (excluding diaryl/α,β-unsaturated/α-hetero) is 1. The second-order valence-corrected chi connectivity index (χ2v) is 9.69. The molecule has 0 saturated carbocycles. The Balaban J connectivity index is 1.81. The average molecular weight is 476 g/mol. The van der Waals surface area contributed by atoms with Crippen molar-refractivity contribution in [2.45, 2.75) is 32.6 Å². The van der Waals surface area contributed by atoms with E-state index in [2.05, 4.69) is 24.3 Å². The van der Waals surface area contributed by atoms with Gasteiger partial charge in [-0.2, -0.15) is 0 Å². The van der Waals surface area contributed by atoms with Gasteiger partial charge >= 0.3 is 0 Å². The van der Waals surface area contributed by atoms with Gasteiger partial charge in [0.25, 0.3) is 5.56 Å². The fourth-order valence-electron chi connectivity index (χ4n) is 5.31. The second kappa shape index (κ2) is 8.37. The van der Waals surface area contributed by atoms with Gasteiger partial charge in [0.1, 0.15) is 5.82 Å². The molecule has 5 rings (SSSR count). The monoisotopic (exact) mass is 475 g/mol. The number of aromatic nitrogens is 2. The van der Waals surface area contributed by atoms with Crippen molar-refractivity contribution in [2.24, 2.45) is 5.41 Å². The lowest BCUT2D eigenvalue weighted by molar-refractivity contribution is -0.118. The van der Waals surface area contributed by atoms with Gasteiger partial charge < -0.3 is 19.5 Å². The lowest BCUT2D eigenvalue weighted by Crippen LogP contribution is -2.35. The Bertz CT molecular complexity index is 1400. The van der Waals surface area contributed by atoms with Crippen LogP contribution >= 0.6 is 0 Å². The third-order valence-corrected chi connectivity index (χ3v) is 6.76. The first kappa shape index (κ1) is 22.8. The van der Waals surface area contributed by atoms with Crippen LogP contribution in [0.3, 0.4) is 0 Å². The number of ketones is 1. The standard InChI is InChI=1S/C27H29N3O5/c1-27(2)13-17-21(18(31)14-27)20(16-11-12-19(33-3)24(35-5)23(16)34-4)22-25(28-17)29-30(26(22)32)15-9-7-6-8-10-15/h6-12,20,28-29H,13-14H2,1-5H3. The van der Waals surface area contributed by atoms with E-state index in [1.165, 1.54) is 11.8 Å². The van der Waals surface area contributed by atoms with Gasteiger partial charge in [0.15, 0.2) is 17.3 Å². The number of hydrogen-bond acceptors (Lipinski definition) is 6. The maximum Gasteiger partial charge on any atom is 0.277 e. The van der Waals surface area contributed by atoms with Crippen LogP contribution in [-0.4, -0.2) is 36.9 Å². The topological polar surface area (TPSA) is 94.6 Å². The van der Waals surface area contributed by atoms with Gasteiger partial charge in [-0.3, -0.25) is 14.7 Å². The number of anilines is 1. The van der Waals surface area contributed by atoms with Crippen LogP contribution in [0, 0.1) is 5.41 Å². The van der Waals surface area contributed by atoms with Crippen LogP contribution in [0.25, 0.3) is 5.69 Å². The van der Waals surface area contributed by atoms with E-state index in [0.29, 0.717) is 58.3 Å². The van der Waals surface area contributed by atoms with Gasteiger partial charge in [-0.1, -0.05) is 38.1 Å². The molecule has 182 valence electrons. The molecule has 2 aromatic carbocycles. The van der Waals surface area contributed by atoms with E-state index in [-0.39, 0.29) is 16.8 Å². The molecule has 35 heavy (non-hydrogen) atoms. The van der Waals surface area contributed by atoms with Crippen LogP contribution in [0.15, 0.2) is 58.5 Å². The van der Waals surface area contributed by atoms with E-state index >= 15 is 0 Å². The highest BCUT2D eigenvalue weighted by Crippen LogP contribution is 2.52. The molecule has 0 bridgehead atoms. The number of carbonyl (C=O) groups excluding carboxylic acids is 1. The Morgan fingerprint density at radius 2 is 1.63 bits per heavy atom. The number of allylic oxidation sites excluding steroid dienone is 2. The summed E-state index contributed by atoms with van der Waals surface area (Å²) in [7, 11) is 4.64. The molecule has 0 fully saturated rings. The quantitative estimate of drug-likeness (QED) is 0.568. The Morgan fingerprint density at radius 3 is 2.29 bits per heavy atom. The van der Waals surface area contributed by atoms with Crippen LogP contribution in [-0.2, 0) is 4.79 Å². The molecule has 2 heterocycles. The van der Waals surface area contributed by atoms with Crippen LogP contribution < -0.4 is 25.1 Å². The summed E-state index contributed by atoms with van der Waals surface area (Å²) in [6.45, 7) is 4.16. The van der Waals surface area contributed by atoms with E-state index in [9.17, 15) is 9.59 Å². The second-order valence-electron chi connectivity index (χ2n) is 9.69. The zero-order valence-corrected chi connectivity index (χ0v) is 20.5. The first-order chi connectivity index (χ1) is 16.8. The molecule has 1 aliphatic heterocycles. The number of nitrogens with zero attached hydrogens (tertiary/aromatic N) is 1. The predicted octanol–water partition coefficient (Wildman–Crippen LogP) is 4.39. The summed E-state index contributed by atoms with van der Waals surface area (Å²) in [5.41, 5.74) is 2.83. The molecule has 0 spiro atoms. The molecule has 1 aromatic heterocycles. The number of nitrogens with one attached hydrogen (secondary N) is 2. The number of methoxy groups -OCH3 is 3. The van der Waals surface area contributed by atoms with E-state index < -0.39 is 5.92 Å². The molecule has 0 saturated heterocycles. The minimum Gasteiger partial charge on any atom is -0.493 e. The van der Waals surface area contributed by atoms with Gasteiger partial charge in [0.05, 0.1) is 38.5 Å². The lowest BCUT2D eigenvalue weighted by atomic mass is 9.69. The molecule has 0 amide bonds. The first-order valence-electron chi connectivity index (χ1n) is 11.5. The molecular weight excluding hydrogens is 446 g/mol. The molecule has 0 radical (unpaired) electrons. The van der Waals surface area contributed by atoms with Gasteiger partial charge in [0.2, 0.25) is 5.75 Å². The van der Waals surface area contributed by atoms with Crippen LogP contribution in [0.5, 0.6) is 17.2 Å². The number of ether oxygens (including phenoxy) is 3. The summed E-state index contributed by atoms with van der Waals surface area (Å²) in [4.78, 5) is 27.4. The highest BCUT2D eigenvalue weighted by molar-refractivity contribution is 6.01. The van der Waals surface area contributed by atoms with Crippen LogP contribution in [0.2, 0.25) is 0 Å². The first-order valence-corrected chi connectivity index (χ1v) is 11.5. The molecule has 1 atom stereocenters. The SMILES string of the molecule is COc1ccc(C2C3=C(CC(C)(C)CC3=O)Nc3[nH]n(-c4ccccc4)c(=O)c32)c(OC)c1OC. The molecule has 1 unspecified atom stereocenters.